The SMILES string of the molecule is CC(C)[C@H](NC(=O)[C@H](CCC(=O)O)NC(=O)[C@@H](N)Cc1c[nH]c2ccccc12)C(=O)N[C@H](C=O)CC(N)=O. The summed E-state index contributed by atoms with van der Waals surface area (Å²) >= 11 is 0. The van der Waals surface area contributed by atoms with Gasteiger partial charge >= 0.3 is 5.97 Å². The van der Waals surface area contributed by atoms with Crippen LogP contribution in [0.1, 0.15) is 38.7 Å². The van der Waals surface area contributed by atoms with E-state index >= 15 is 0 Å². The molecule has 2 rings (SSSR count). The second kappa shape index (κ2) is 13.9. The van der Waals surface area contributed by atoms with E-state index in [2.05, 4.69) is 20.9 Å². The van der Waals surface area contributed by atoms with Crippen LogP contribution in [0, 0.1) is 5.92 Å². The lowest BCUT2D eigenvalue weighted by atomic mass is 10.0. The van der Waals surface area contributed by atoms with Gasteiger partial charge in [0, 0.05) is 23.5 Å². The minimum atomic E-state index is -1.30. The van der Waals surface area contributed by atoms with Crippen molar-refractivity contribution >= 4 is 46.8 Å². The van der Waals surface area contributed by atoms with E-state index in [1.807, 2.05) is 24.3 Å². The lowest BCUT2D eigenvalue weighted by molar-refractivity contribution is -0.138. The molecule has 4 atom stereocenters. The van der Waals surface area contributed by atoms with Gasteiger partial charge in [0.15, 0.2) is 0 Å². The molecule has 0 bridgehead atoms. The van der Waals surface area contributed by atoms with E-state index in [1.165, 1.54) is 0 Å². The van der Waals surface area contributed by atoms with Gasteiger partial charge in [-0.05, 0) is 30.4 Å². The number of nitrogens with two attached hydrogens (primary N) is 2. The number of carbonyl (C=O) groups is 6. The van der Waals surface area contributed by atoms with Gasteiger partial charge < -0.3 is 42.3 Å². The van der Waals surface area contributed by atoms with Crippen LogP contribution in [0.2, 0.25) is 0 Å². The molecule has 4 amide bonds. The predicted molar refractivity (Wildman–Crippen MR) is 137 cm³/mol. The van der Waals surface area contributed by atoms with Gasteiger partial charge in [-0.3, -0.25) is 24.0 Å². The first-order chi connectivity index (χ1) is 17.9. The molecule has 1 heterocycles. The van der Waals surface area contributed by atoms with Crippen LogP contribution in [-0.2, 0) is 35.2 Å². The molecule has 0 unspecified atom stereocenters. The number of carboxylic acid groups (broad SMARTS) is 1. The number of carbonyl (C=O) groups excluding carboxylic acids is 5. The standard InChI is InChI=1S/C25H34N6O7/c1-13(2)22(25(38)29-15(12-32)10-20(27)33)31-24(37)19(7-8-21(34)35)30-23(36)17(26)9-14-11-28-18-6-4-3-5-16(14)18/h3-6,11-13,15,17,19,22,28H,7-10,26H2,1-2H3,(H2,27,33)(H,29,38)(H,30,36)(H,31,37)(H,34,35)/t15-,17-,19-,22-/m0/s1. The fraction of sp³-hybridized carbons (Fsp3) is 0.440. The summed E-state index contributed by atoms with van der Waals surface area (Å²) in [4.78, 5) is 75.2. The van der Waals surface area contributed by atoms with Gasteiger partial charge in [0.05, 0.1) is 18.5 Å². The lowest BCUT2D eigenvalue weighted by Gasteiger charge is -2.26. The van der Waals surface area contributed by atoms with E-state index < -0.39 is 72.5 Å². The molecule has 0 saturated carbocycles. The summed E-state index contributed by atoms with van der Waals surface area (Å²) in [6.45, 7) is 3.27. The number of hydrogen-bond acceptors (Lipinski definition) is 7. The number of aromatic amines is 1. The molecule has 0 spiro atoms. The fourth-order valence-electron chi connectivity index (χ4n) is 3.86. The summed E-state index contributed by atoms with van der Waals surface area (Å²) in [6.07, 6.45) is 1.15. The van der Waals surface area contributed by atoms with Gasteiger partial charge in [-0.25, -0.2) is 0 Å². The van der Waals surface area contributed by atoms with Crippen molar-refractivity contribution in [2.75, 3.05) is 0 Å². The zero-order chi connectivity index (χ0) is 28.4. The highest BCUT2D eigenvalue weighted by atomic mass is 16.4. The highest BCUT2D eigenvalue weighted by Gasteiger charge is 2.31. The largest absolute Gasteiger partial charge is 0.481 e. The lowest BCUT2D eigenvalue weighted by Crippen LogP contribution is -2.58. The molecule has 13 heteroatoms. The van der Waals surface area contributed by atoms with Crippen molar-refractivity contribution in [3.63, 3.8) is 0 Å². The monoisotopic (exact) mass is 530 g/mol. The van der Waals surface area contributed by atoms with Gasteiger partial charge in [0.25, 0.3) is 0 Å². The molecule has 1 aromatic heterocycles. The molecule has 2 aromatic rings. The average Bonchev–Trinajstić information content (AvgIpc) is 3.26. The van der Waals surface area contributed by atoms with Crippen LogP contribution >= 0.6 is 0 Å². The molecule has 0 saturated heterocycles. The number of rotatable bonds is 15. The molecule has 0 aliphatic rings. The molecule has 0 aliphatic heterocycles. The molecular weight excluding hydrogens is 496 g/mol. The number of H-pyrrole nitrogens is 1. The Morgan fingerprint density at radius 3 is 2.32 bits per heavy atom. The molecule has 0 aliphatic carbocycles. The molecule has 206 valence electrons. The normalized spacial score (nSPS) is 14.2. The van der Waals surface area contributed by atoms with Crippen molar-refractivity contribution < 1.29 is 33.9 Å². The maximum Gasteiger partial charge on any atom is 0.303 e. The minimum Gasteiger partial charge on any atom is -0.481 e. The number of para-hydroxylation sites is 1. The molecule has 0 radical (unpaired) electrons. The number of aromatic nitrogens is 1. The highest BCUT2D eigenvalue weighted by molar-refractivity contribution is 5.94. The number of aldehydes is 1. The first-order valence-electron chi connectivity index (χ1n) is 12.1. The van der Waals surface area contributed by atoms with E-state index in [1.54, 1.807) is 20.0 Å². The molecule has 38 heavy (non-hydrogen) atoms. The molecule has 13 nitrogen and oxygen atoms in total. The van der Waals surface area contributed by atoms with E-state index in [4.69, 9.17) is 16.6 Å². The Morgan fingerprint density at radius 1 is 1.03 bits per heavy atom. The summed E-state index contributed by atoms with van der Waals surface area (Å²) in [6, 6.07) is 2.81. The van der Waals surface area contributed by atoms with Crippen LogP contribution in [-0.4, -0.2) is 70.1 Å². The van der Waals surface area contributed by atoms with Crippen molar-refractivity contribution in [3.8, 4) is 0 Å². The van der Waals surface area contributed by atoms with E-state index in [0.29, 0.717) is 6.29 Å². The van der Waals surface area contributed by atoms with E-state index in [-0.39, 0.29) is 12.8 Å². The predicted octanol–water partition coefficient (Wildman–Crippen LogP) is -0.913. The number of carboxylic acids is 1. The van der Waals surface area contributed by atoms with Crippen LogP contribution in [0.4, 0.5) is 0 Å². The summed E-state index contributed by atoms with van der Waals surface area (Å²) in [7, 11) is 0. The number of hydrogen-bond donors (Lipinski definition) is 7. The van der Waals surface area contributed by atoms with Crippen LogP contribution in [0.25, 0.3) is 10.9 Å². The minimum absolute atomic E-state index is 0.160. The summed E-state index contributed by atoms with van der Waals surface area (Å²) in [5.41, 5.74) is 12.9. The Kier molecular flexibility index (Phi) is 10.9. The van der Waals surface area contributed by atoms with Crippen molar-refractivity contribution in [3.05, 3.63) is 36.0 Å². The smallest absolute Gasteiger partial charge is 0.303 e. The summed E-state index contributed by atoms with van der Waals surface area (Å²) in [5.74, 6) is -4.66. The Bertz CT molecular complexity index is 1180. The maximum absolute atomic E-state index is 13.1. The van der Waals surface area contributed by atoms with Gasteiger partial charge in [0.2, 0.25) is 23.6 Å². The molecule has 1 aromatic carbocycles. The summed E-state index contributed by atoms with van der Waals surface area (Å²) in [5, 5.41) is 17.3. The van der Waals surface area contributed by atoms with Gasteiger partial charge in [0.1, 0.15) is 18.4 Å². The van der Waals surface area contributed by atoms with Gasteiger partial charge in [-0.2, -0.15) is 0 Å². The molecule has 0 fully saturated rings. The van der Waals surface area contributed by atoms with E-state index in [9.17, 15) is 28.8 Å². The zero-order valence-electron chi connectivity index (χ0n) is 21.2. The van der Waals surface area contributed by atoms with Crippen LogP contribution < -0.4 is 27.4 Å². The third-order valence-electron chi connectivity index (χ3n) is 5.89. The Morgan fingerprint density at radius 2 is 1.71 bits per heavy atom. The fourth-order valence-corrected chi connectivity index (χ4v) is 3.86. The number of aliphatic carboxylic acids is 1. The number of amides is 4. The molecular formula is C25H34N6O7. The number of benzene rings is 1. The summed E-state index contributed by atoms with van der Waals surface area (Å²) < 4.78 is 0. The second-order valence-corrected chi connectivity index (χ2v) is 9.32. The Balaban J connectivity index is 2.12. The topological polar surface area (TPSA) is 227 Å². The van der Waals surface area contributed by atoms with Crippen LogP contribution in [0.3, 0.4) is 0 Å². The van der Waals surface area contributed by atoms with Gasteiger partial charge in [-0.1, -0.05) is 32.0 Å². The average molecular weight is 531 g/mol. The highest BCUT2D eigenvalue weighted by Crippen LogP contribution is 2.19. The first-order valence-corrected chi connectivity index (χ1v) is 12.1. The van der Waals surface area contributed by atoms with Crippen molar-refractivity contribution in [2.24, 2.45) is 17.4 Å². The third-order valence-corrected chi connectivity index (χ3v) is 5.89. The first kappa shape index (κ1) is 30.0. The Hall–Kier alpha value is -4.26. The van der Waals surface area contributed by atoms with Crippen LogP contribution in [0.5, 0.6) is 0 Å². The second-order valence-electron chi connectivity index (χ2n) is 9.32. The Labute approximate surface area is 219 Å². The quantitative estimate of drug-likeness (QED) is 0.142. The number of nitrogens with one attached hydrogen (secondary N) is 4. The molecule has 9 N–H and O–H groups in total. The number of primary amides is 1. The van der Waals surface area contributed by atoms with Crippen molar-refractivity contribution in [1.29, 1.82) is 0 Å². The third kappa shape index (κ3) is 8.69. The zero-order valence-corrected chi connectivity index (χ0v) is 21.2. The number of fused-ring (bicyclic) bond motifs is 1. The van der Waals surface area contributed by atoms with Crippen LogP contribution in [0.15, 0.2) is 30.5 Å². The van der Waals surface area contributed by atoms with E-state index in [0.717, 1.165) is 16.5 Å². The van der Waals surface area contributed by atoms with Crippen molar-refractivity contribution in [1.82, 2.24) is 20.9 Å². The van der Waals surface area contributed by atoms with Crippen molar-refractivity contribution in [2.45, 2.75) is 63.7 Å². The maximum atomic E-state index is 13.1. The van der Waals surface area contributed by atoms with Gasteiger partial charge in [-0.15, -0.1) is 0 Å².